The largest absolute Gasteiger partial charge is 0.479 e. The Morgan fingerprint density at radius 1 is 1.31 bits per heavy atom. The van der Waals surface area contributed by atoms with E-state index in [1.807, 2.05) is 30.3 Å². The Morgan fingerprint density at radius 3 is 2.44 bits per heavy atom. The third kappa shape index (κ3) is 2.27. The maximum atomic E-state index is 8.39. The van der Waals surface area contributed by atoms with Gasteiger partial charge in [0.1, 0.15) is 11.8 Å². The van der Waals surface area contributed by atoms with Crippen LogP contribution < -0.4 is 9.64 Å². The summed E-state index contributed by atoms with van der Waals surface area (Å²) < 4.78 is 5.20. The van der Waals surface area contributed by atoms with Gasteiger partial charge in [0, 0.05) is 18.8 Å². The lowest BCUT2D eigenvalue weighted by Gasteiger charge is -2.47. The predicted molar refractivity (Wildman–Crippen MR) is 63.5 cm³/mol. The van der Waals surface area contributed by atoms with Crippen molar-refractivity contribution < 1.29 is 4.74 Å². The van der Waals surface area contributed by atoms with Crippen LogP contribution in [-0.4, -0.2) is 19.7 Å². The van der Waals surface area contributed by atoms with Crippen molar-refractivity contribution in [1.29, 1.82) is 5.26 Å². The third-order valence-corrected chi connectivity index (χ3v) is 2.74. The van der Waals surface area contributed by atoms with Gasteiger partial charge in [0.2, 0.25) is 0 Å². The van der Waals surface area contributed by atoms with E-state index in [0.717, 1.165) is 18.8 Å². The van der Waals surface area contributed by atoms with Crippen LogP contribution in [0.3, 0.4) is 0 Å². The van der Waals surface area contributed by atoms with Crippen LogP contribution in [-0.2, 0) is 0 Å². The SMILES string of the molecule is CC1(C)CN(c2ccc(OCC#N)cc2)C1. The van der Waals surface area contributed by atoms with E-state index in [1.165, 1.54) is 5.69 Å². The van der Waals surface area contributed by atoms with Crippen LogP contribution >= 0.6 is 0 Å². The highest BCUT2D eigenvalue weighted by Crippen LogP contribution is 2.33. The first-order valence-corrected chi connectivity index (χ1v) is 5.45. The van der Waals surface area contributed by atoms with Crippen molar-refractivity contribution in [3.05, 3.63) is 24.3 Å². The molecule has 3 nitrogen and oxygen atoms in total. The first-order valence-electron chi connectivity index (χ1n) is 5.45. The molecule has 1 aromatic carbocycles. The van der Waals surface area contributed by atoms with Crippen LogP contribution in [0.15, 0.2) is 24.3 Å². The summed E-state index contributed by atoms with van der Waals surface area (Å²) in [5.41, 5.74) is 1.67. The monoisotopic (exact) mass is 216 g/mol. The van der Waals surface area contributed by atoms with Crippen LogP contribution in [0.1, 0.15) is 13.8 Å². The van der Waals surface area contributed by atoms with E-state index < -0.39 is 0 Å². The second-order valence-electron chi connectivity index (χ2n) is 4.96. The standard InChI is InChI=1S/C13H16N2O/c1-13(2)9-15(10-13)11-3-5-12(6-4-11)16-8-7-14/h3-6H,8-10H2,1-2H3. The van der Waals surface area contributed by atoms with Gasteiger partial charge in [-0.3, -0.25) is 0 Å². The second-order valence-corrected chi connectivity index (χ2v) is 4.96. The lowest BCUT2D eigenvalue weighted by molar-refractivity contribution is 0.276. The van der Waals surface area contributed by atoms with E-state index in [1.54, 1.807) is 0 Å². The zero-order valence-electron chi connectivity index (χ0n) is 9.73. The van der Waals surface area contributed by atoms with Gasteiger partial charge in [-0.05, 0) is 29.7 Å². The zero-order valence-corrected chi connectivity index (χ0v) is 9.73. The zero-order chi connectivity index (χ0) is 11.6. The van der Waals surface area contributed by atoms with Gasteiger partial charge >= 0.3 is 0 Å². The average molecular weight is 216 g/mol. The Hall–Kier alpha value is -1.69. The fourth-order valence-electron chi connectivity index (χ4n) is 2.04. The normalized spacial score (nSPS) is 17.4. The molecular formula is C13H16N2O. The number of ether oxygens (including phenoxy) is 1. The number of hydrogen-bond donors (Lipinski definition) is 0. The highest BCUT2D eigenvalue weighted by Gasteiger charge is 2.33. The lowest BCUT2D eigenvalue weighted by Crippen LogP contribution is -2.53. The molecule has 0 radical (unpaired) electrons. The molecule has 16 heavy (non-hydrogen) atoms. The summed E-state index contributed by atoms with van der Waals surface area (Å²) in [6.45, 7) is 6.86. The van der Waals surface area contributed by atoms with Crippen molar-refractivity contribution >= 4 is 5.69 Å². The summed E-state index contributed by atoms with van der Waals surface area (Å²) in [6, 6.07) is 9.87. The molecule has 1 aliphatic rings. The summed E-state index contributed by atoms with van der Waals surface area (Å²) in [5, 5.41) is 8.39. The van der Waals surface area contributed by atoms with Crippen LogP contribution in [0.5, 0.6) is 5.75 Å². The maximum absolute atomic E-state index is 8.39. The van der Waals surface area contributed by atoms with Gasteiger partial charge in [-0.25, -0.2) is 0 Å². The number of nitriles is 1. The fourth-order valence-corrected chi connectivity index (χ4v) is 2.04. The van der Waals surface area contributed by atoms with Crippen LogP contribution in [0.25, 0.3) is 0 Å². The Labute approximate surface area is 96.2 Å². The number of nitrogens with zero attached hydrogens (tertiary/aromatic N) is 2. The van der Waals surface area contributed by atoms with Gasteiger partial charge in [-0.15, -0.1) is 0 Å². The number of rotatable bonds is 3. The molecule has 1 saturated heterocycles. The van der Waals surface area contributed by atoms with Gasteiger partial charge in [-0.1, -0.05) is 13.8 Å². The summed E-state index contributed by atoms with van der Waals surface area (Å²) in [4.78, 5) is 2.34. The molecule has 2 rings (SSSR count). The van der Waals surface area contributed by atoms with Crippen molar-refractivity contribution in [2.24, 2.45) is 5.41 Å². The van der Waals surface area contributed by atoms with Crippen molar-refractivity contribution in [1.82, 2.24) is 0 Å². The first-order chi connectivity index (χ1) is 7.61. The van der Waals surface area contributed by atoms with Crippen LogP contribution in [0.4, 0.5) is 5.69 Å². The maximum Gasteiger partial charge on any atom is 0.174 e. The van der Waals surface area contributed by atoms with Gasteiger partial charge in [0.15, 0.2) is 6.61 Å². The molecule has 0 aromatic heterocycles. The van der Waals surface area contributed by atoms with E-state index >= 15 is 0 Å². The molecule has 1 aromatic rings. The predicted octanol–water partition coefficient (Wildman–Crippen LogP) is 2.44. The minimum absolute atomic E-state index is 0.107. The lowest BCUT2D eigenvalue weighted by atomic mass is 9.84. The van der Waals surface area contributed by atoms with Crippen LogP contribution in [0, 0.1) is 16.7 Å². The fraction of sp³-hybridized carbons (Fsp3) is 0.462. The molecule has 1 heterocycles. The Balaban J connectivity index is 1.96. The molecule has 0 spiro atoms. The van der Waals surface area contributed by atoms with E-state index in [2.05, 4.69) is 18.7 Å². The highest BCUT2D eigenvalue weighted by atomic mass is 16.5. The smallest absolute Gasteiger partial charge is 0.174 e. The average Bonchev–Trinajstić information content (AvgIpc) is 2.24. The molecule has 1 fully saturated rings. The van der Waals surface area contributed by atoms with E-state index in [0.29, 0.717) is 5.41 Å². The molecule has 0 atom stereocenters. The summed E-state index contributed by atoms with van der Waals surface area (Å²) >= 11 is 0. The van der Waals surface area contributed by atoms with Crippen molar-refractivity contribution in [3.8, 4) is 11.8 Å². The summed E-state index contributed by atoms with van der Waals surface area (Å²) in [5.74, 6) is 0.755. The van der Waals surface area contributed by atoms with Gasteiger partial charge in [-0.2, -0.15) is 5.26 Å². The number of hydrogen-bond acceptors (Lipinski definition) is 3. The quantitative estimate of drug-likeness (QED) is 0.778. The Kier molecular flexibility index (Phi) is 2.74. The first kappa shape index (κ1) is 10.8. The minimum Gasteiger partial charge on any atom is -0.479 e. The number of anilines is 1. The molecule has 0 amide bonds. The van der Waals surface area contributed by atoms with Crippen LogP contribution in [0.2, 0.25) is 0 Å². The van der Waals surface area contributed by atoms with Gasteiger partial charge < -0.3 is 9.64 Å². The van der Waals surface area contributed by atoms with E-state index in [9.17, 15) is 0 Å². The molecule has 0 N–H and O–H groups in total. The second kappa shape index (κ2) is 4.05. The molecular weight excluding hydrogens is 200 g/mol. The molecule has 3 heteroatoms. The Morgan fingerprint density at radius 2 is 1.94 bits per heavy atom. The van der Waals surface area contributed by atoms with Gasteiger partial charge in [0.05, 0.1) is 0 Å². The van der Waals surface area contributed by atoms with E-state index in [-0.39, 0.29) is 6.61 Å². The minimum atomic E-state index is 0.107. The third-order valence-electron chi connectivity index (χ3n) is 2.74. The molecule has 0 aliphatic carbocycles. The number of benzene rings is 1. The summed E-state index contributed by atoms with van der Waals surface area (Å²) in [6.07, 6.45) is 0. The topological polar surface area (TPSA) is 36.3 Å². The molecule has 0 bridgehead atoms. The van der Waals surface area contributed by atoms with Crippen molar-refractivity contribution in [3.63, 3.8) is 0 Å². The van der Waals surface area contributed by atoms with Crippen molar-refractivity contribution in [2.75, 3.05) is 24.6 Å². The van der Waals surface area contributed by atoms with E-state index in [4.69, 9.17) is 10.00 Å². The van der Waals surface area contributed by atoms with Crippen molar-refractivity contribution in [2.45, 2.75) is 13.8 Å². The molecule has 0 saturated carbocycles. The van der Waals surface area contributed by atoms with Gasteiger partial charge in [0.25, 0.3) is 0 Å². The highest BCUT2D eigenvalue weighted by molar-refractivity contribution is 5.51. The molecule has 1 aliphatic heterocycles. The molecule has 84 valence electrons. The molecule has 0 unspecified atom stereocenters. The Bertz CT molecular complexity index is 395. The summed E-state index contributed by atoms with van der Waals surface area (Å²) in [7, 11) is 0.